The number of benzene rings is 2. The van der Waals surface area contributed by atoms with Crippen LogP contribution in [0, 0.1) is 13.8 Å². The summed E-state index contributed by atoms with van der Waals surface area (Å²) in [4.78, 5) is 15.0. The first-order valence-corrected chi connectivity index (χ1v) is 10.2. The van der Waals surface area contributed by atoms with Gasteiger partial charge in [0.1, 0.15) is 17.1 Å². The standard InChI is InChI=1S/C22H22BrN3O2/c1-4-9-26-21(14-5-7-15(23)8-6-14)18-19(24-25-20(18)22(26)28)17-13(3)10-12(2)11-16(17)27/h5-8,10-11,21,27H,4,9H2,1-3H3,(H,24,25). The Morgan fingerprint density at radius 3 is 2.57 bits per heavy atom. The molecule has 1 unspecified atom stereocenters. The van der Waals surface area contributed by atoms with Crippen LogP contribution in [-0.2, 0) is 0 Å². The molecule has 0 saturated heterocycles. The number of phenols is 1. The van der Waals surface area contributed by atoms with Crippen molar-refractivity contribution >= 4 is 21.8 Å². The van der Waals surface area contributed by atoms with Crippen molar-refractivity contribution in [1.29, 1.82) is 0 Å². The van der Waals surface area contributed by atoms with Crippen LogP contribution in [0.25, 0.3) is 11.3 Å². The normalized spacial score (nSPS) is 15.9. The fraction of sp³-hybridized carbons (Fsp3) is 0.273. The van der Waals surface area contributed by atoms with Gasteiger partial charge in [-0.3, -0.25) is 9.89 Å². The molecule has 0 bridgehead atoms. The van der Waals surface area contributed by atoms with E-state index in [1.54, 1.807) is 6.07 Å². The molecule has 6 heteroatoms. The maximum absolute atomic E-state index is 13.1. The molecule has 4 rings (SSSR count). The smallest absolute Gasteiger partial charge is 0.273 e. The Morgan fingerprint density at radius 2 is 1.93 bits per heavy atom. The molecule has 2 aromatic carbocycles. The Bertz CT molecular complexity index is 1030. The van der Waals surface area contributed by atoms with E-state index in [4.69, 9.17) is 0 Å². The number of nitrogens with zero attached hydrogens (tertiary/aromatic N) is 2. The Morgan fingerprint density at radius 1 is 1.21 bits per heavy atom. The summed E-state index contributed by atoms with van der Waals surface area (Å²) in [7, 11) is 0. The average Bonchev–Trinajstić information content (AvgIpc) is 3.16. The number of amides is 1. The number of fused-ring (bicyclic) bond motifs is 1. The van der Waals surface area contributed by atoms with E-state index in [1.807, 2.05) is 49.1 Å². The molecule has 144 valence electrons. The highest BCUT2D eigenvalue weighted by Crippen LogP contribution is 2.45. The van der Waals surface area contributed by atoms with Crippen molar-refractivity contribution in [3.63, 3.8) is 0 Å². The zero-order valence-electron chi connectivity index (χ0n) is 16.1. The molecule has 2 N–H and O–H groups in total. The van der Waals surface area contributed by atoms with Crippen molar-refractivity contribution in [2.75, 3.05) is 6.54 Å². The van der Waals surface area contributed by atoms with E-state index in [1.165, 1.54) is 0 Å². The number of halogens is 1. The first-order chi connectivity index (χ1) is 13.4. The van der Waals surface area contributed by atoms with Crippen molar-refractivity contribution in [1.82, 2.24) is 15.1 Å². The summed E-state index contributed by atoms with van der Waals surface area (Å²) in [6.45, 7) is 6.62. The van der Waals surface area contributed by atoms with Crippen LogP contribution in [0.3, 0.4) is 0 Å². The lowest BCUT2D eigenvalue weighted by molar-refractivity contribution is 0.0744. The second-order valence-electron chi connectivity index (χ2n) is 7.29. The lowest BCUT2D eigenvalue weighted by Gasteiger charge is -2.26. The molecule has 0 spiro atoms. The summed E-state index contributed by atoms with van der Waals surface area (Å²) in [5.74, 6) is 0.135. The molecule has 2 heterocycles. The fourth-order valence-corrected chi connectivity index (χ4v) is 4.37. The third kappa shape index (κ3) is 2.92. The Labute approximate surface area is 172 Å². The zero-order chi connectivity index (χ0) is 20.0. The maximum Gasteiger partial charge on any atom is 0.273 e. The highest BCUT2D eigenvalue weighted by Gasteiger charge is 2.42. The van der Waals surface area contributed by atoms with Crippen molar-refractivity contribution in [3.8, 4) is 17.0 Å². The van der Waals surface area contributed by atoms with E-state index < -0.39 is 0 Å². The lowest BCUT2D eigenvalue weighted by Crippen LogP contribution is -2.30. The van der Waals surface area contributed by atoms with E-state index in [0.29, 0.717) is 23.5 Å². The minimum atomic E-state index is -0.232. The highest BCUT2D eigenvalue weighted by atomic mass is 79.9. The van der Waals surface area contributed by atoms with Crippen molar-refractivity contribution in [2.45, 2.75) is 33.2 Å². The van der Waals surface area contributed by atoms with E-state index in [-0.39, 0.29) is 17.7 Å². The minimum Gasteiger partial charge on any atom is -0.507 e. The minimum absolute atomic E-state index is 0.0484. The number of H-pyrrole nitrogens is 1. The number of aryl methyl sites for hydroxylation is 2. The second-order valence-corrected chi connectivity index (χ2v) is 8.21. The van der Waals surface area contributed by atoms with Gasteiger partial charge in [-0.15, -0.1) is 0 Å². The van der Waals surface area contributed by atoms with Gasteiger partial charge < -0.3 is 10.0 Å². The number of aromatic hydroxyl groups is 1. The molecule has 0 fully saturated rings. The maximum atomic E-state index is 13.1. The van der Waals surface area contributed by atoms with Crippen LogP contribution >= 0.6 is 15.9 Å². The van der Waals surface area contributed by atoms with E-state index in [2.05, 4.69) is 33.1 Å². The van der Waals surface area contributed by atoms with Gasteiger partial charge in [0.15, 0.2) is 0 Å². The Kier molecular flexibility index (Phi) is 4.75. The number of hydrogen-bond donors (Lipinski definition) is 2. The molecule has 0 aliphatic carbocycles. The molecule has 1 aliphatic rings. The molecule has 1 atom stereocenters. The van der Waals surface area contributed by atoms with Gasteiger partial charge >= 0.3 is 0 Å². The molecular weight excluding hydrogens is 418 g/mol. The van der Waals surface area contributed by atoms with Gasteiger partial charge in [-0.25, -0.2) is 0 Å². The van der Waals surface area contributed by atoms with Crippen LogP contribution in [0.15, 0.2) is 40.9 Å². The van der Waals surface area contributed by atoms with Gasteiger partial charge in [0.05, 0.1) is 6.04 Å². The summed E-state index contributed by atoms with van der Waals surface area (Å²) in [5, 5.41) is 18.0. The van der Waals surface area contributed by atoms with Gasteiger partial charge in [-0.05, 0) is 55.2 Å². The Hall–Kier alpha value is -2.60. The third-order valence-corrected chi connectivity index (χ3v) is 5.74. The summed E-state index contributed by atoms with van der Waals surface area (Å²) in [6.07, 6.45) is 0.862. The summed E-state index contributed by atoms with van der Waals surface area (Å²) in [5.41, 5.74) is 5.61. The van der Waals surface area contributed by atoms with Crippen molar-refractivity contribution in [3.05, 3.63) is 68.8 Å². The fourth-order valence-electron chi connectivity index (χ4n) is 4.10. The number of nitrogens with one attached hydrogen (secondary N) is 1. The summed E-state index contributed by atoms with van der Waals surface area (Å²) < 4.78 is 0.988. The number of rotatable bonds is 4. The molecule has 1 amide bonds. The van der Waals surface area contributed by atoms with Gasteiger partial charge in [-0.2, -0.15) is 5.10 Å². The monoisotopic (exact) mass is 439 g/mol. The molecule has 28 heavy (non-hydrogen) atoms. The first kappa shape index (κ1) is 18.7. The zero-order valence-corrected chi connectivity index (χ0v) is 17.7. The lowest BCUT2D eigenvalue weighted by atomic mass is 9.93. The molecule has 1 aliphatic heterocycles. The van der Waals surface area contributed by atoms with Crippen LogP contribution in [-0.4, -0.2) is 32.7 Å². The van der Waals surface area contributed by atoms with Crippen LogP contribution in [0.2, 0.25) is 0 Å². The third-order valence-electron chi connectivity index (χ3n) is 5.21. The Balaban J connectivity index is 1.94. The quantitative estimate of drug-likeness (QED) is 0.592. The molecular formula is C22H22BrN3O2. The molecule has 5 nitrogen and oxygen atoms in total. The predicted molar refractivity (Wildman–Crippen MR) is 112 cm³/mol. The molecule has 1 aromatic heterocycles. The topological polar surface area (TPSA) is 69.2 Å². The molecule has 3 aromatic rings. The van der Waals surface area contributed by atoms with Gasteiger partial charge in [0, 0.05) is 22.1 Å². The predicted octanol–water partition coefficient (Wildman–Crippen LogP) is 5.12. The number of carbonyl (C=O) groups is 1. The van der Waals surface area contributed by atoms with Gasteiger partial charge in [0.25, 0.3) is 5.91 Å². The average molecular weight is 440 g/mol. The first-order valence-electron chi connectivity index (χ1n) is 9.37. The largest absolute Gasteiger partial charge is 0.507 e. The van der Waals surface area contributed by atoms with Crippen LogP contribution in [0.4, 0.5) is 0 Å². The second kappa shape index (κ2) is 7.09. The van der Waals surface area contributed by atoms with E-state index in [0.717, 1.165) is 33.1 Å². The van der Waals surface area contributed by atoms with Crippen LogP contribution in [0.5, 0.6) is 5.75 Å². The highest BCUT2D eigenvalue weighted by molar-refractivity contribution is 9.10. The van der Waals surface area contributed by atoms with Crippen molar-refractivity contribution < 1.29 is 9.90 Å². The van der Waals surface area contributed by atoms with Crippen molar-refractivity contribution in [2.24, 2.45) is 0 Å². The molecule has 0 radical (unpaired) electrons. The van der Waals surface area contributed by atoms with E-state index >= 15 is 0 Å². The summed E-state index contributed by atoms with van der Waals surface area (Å²) >= 11 is 3.48. The molecule has 0 saturated carbocycles. The number of aromatic nitrogens is 2. The summed E-state index contributed by atoms with van der Waals surface area (Å²) in [6, 6.07) is 11.5. The SMILES string of the molecule is CCCN1C(=O)c2[nH]nc(-c3c(C)cc(C)cc3O)c2C1c1ccc(Br)cc1. The number of phenolic OH excluding ortho intramolecular Hbond substituents is 1. The number of aromatic amines is 1. The van der Waals surface area contributed by atoms with Crippen LogP contribution < -0.4 is 0 Å². The van der Waals surface area contributed by atoms with Crippen LogP contribution in [0.1, 0.15) is 52.1 Å². The van der Waals surface area contributed by atoms with E-state index in [9.17, 15) is 9.90 Å². The van der Waals surface area contributed by atoms with Gasteiger partial charge in [-0.1, -0.05) is 41.1 Å². The van der Waals surface area contributed by atoms with Gasteiger partial charge in [0.2, 0.25) is 0 Å². The number of carbonyl (C=O) groups excluding carboxylic acids is 1. The number of hydrogen-bond acceptors (Lipinski definition) is 3.